The lowest BCUT2D eigenvalue weighted by Crippen LogP contribution is -2.26. The second kappa shape index (κ2) is 41.8. The van der Waals surface area contributed by atoms with Crippen LogP contribution in [0.1, 0.15) is 175 Å². The highest BCUT2D eigenvalue weighted by atomic mass is 32.2. The lowest BCUT2D eigenvalue weighted by molar-refractivity contribution is -0.100. The number of halogens is 3. The summed E-state index contributed by atoms with van der Waals surface area (Å²) in [5.41, 5.74) is 18.1. The molecule has 37 heteroatoms. The number of nitrogens with one attached hydrogen (secondary N) is 2. The molecule has 0 aromatic carbocycles. The fourth-order valence-corrected chi connectivity index (χ4v) is 11.1. The van der Waals surface area contributed by atoms with E-state index in [0.717, 1.165) is 38.5 Å². The molecule has 594 valence electrons. The SMILES string of the molecule is COC(Cc1c(N)ncnc1-c1cn[nH]c1)OC.[2H]C1([2H])C(/C(=C/[N+]#[C-])n2cc(-c3ncnc(N)c3CC(OC)OC)cn2)C([2H])([2H])C([2H])([2H])C1([2H])[2H].[2H]C1([2H])C(C(=CC#N)OS(=O)(=O)C(F)(F)F)C([2H])([2H])C([2H])([2H])C1([2H])[2H].[2H]C1([2H])C([C@@H](C[N+]#[C-])n2cc(-c3ncnc(N)c3CC(OC)OC)cn2)C([2H])([2H])C([2H])([2H])C1([2H])[2H].[2H]C1([2H])C([C@@H](C[N+]#[C-])n2cc(-c3ncnc4[nH]ccc34)cn2)C([2H])([2H])C([2H])([2H])C1([2H])[2H]. The molecular formula is C75H93F3N24O9S. The number of nitrogen functional groups attached to an aromatic ring is 3. The molecule has 4 fully saturated rings. The van der Waals surface area contributed by atoms with Crippen LogP contribution >= 0.6 is 0 Å². The minimum atomic E-state index is -6.43. The molecule has 4 aliphatic carbocycles. The Balaban J connectivity index is 0.000000204. The van der Waals surface area contributed by atoms with Crippen LogP contribution < -0.4 is 17.2 Å². The summed E-state index contributed by atoms with van der Waals surface area (Å²) in [6.45, 7) is 21.0. The van der Waals surface area contributed by atoms with Crippen molar-refractivity contribution in [3.8, 4) is 51.1 Å². The maximum Gasteiger partial charge on any atom is 0.534 e. The zero-order valence-corrected chi connectivity index (χ0v) is 60.7. The van der Waals surface area contributed by atoms with Crippen LogP contribution in [0.25, 0.3) is 76.3 Å². The van der Waals surface area contributed by atoms with E-state index in [-0.39, 0.29) is 42.5 Å². The van der Waals surface area contributed by atoms with Gasteiger partial charge in [0, 0.05) is 193 Å². The number of nitriles is 1. The summed E-state index contributed by atoms with van der Waals surface area (Å²) < 4.78 is 355. The number of allylic oxidation sites excluding steroid dienone is 3. The molecule has 33 nitrogen and oxygen atoms in total. The fraction of sp³-hybridized carbons (Fsp3) is 0.493. The van der Waals surface area contributed by atoms with Gasteiger partial charge in [-0.2, -0.15) is 47.2 Å². The van der Waals surface area contributed by atoms with Gasteiger partial charge in [0.1, 0.15) is 66.3 Å². The van der Waals surface area contributed by atoms with Gasteiger partial charge < -0.3 is 64.5 Å². The molecule has 13 rings (SSSR count). The number of nitrogens with two attached hydrogens (primary N) is 3. The topological polar surface area (TPSA) is 415 Å². The van der Waals surface area contributed by atoms with Crippen LogP contribution in [-0.2, 0) is 62.0 Å². The van der Waals surface area contributed by atoms with E-state index in [9.17, 15) is 21.6 Å². The average molecular weight is 1600 g/mol. The molecule has 9 aromatic heterocycles. The third kappa shape index (κ3) is 22.1. The number of methoxy groups -OCH3 is 6. The van der Waals surface area contributed by atoms with Gasteiger partial charge in [0.05, 0.1) is 66.3 Å². The van der Waals surface area contributed by atoms with Crippen molar-refractivity contribution in [1.82, 2.24) is 84.4 Å². The smallest absolute Gasteiger partial charge is 0.383 e. The molecule has 4 saturated carbocycles. The van der Waals surface area contributed by atoms with Crippen molar-refractivity contribution >= 4 is 44.3 Å². The number of nitrogens with zero attached hydrogens (tertiary/aromatic N) is 19. The number of alkyl halides is 3. The van der Waals surface area contributed by atoms with Gasteiger partial charge in [-0.25, -0.2) is 57.9 Å². The number of hydrogen-bond donors (Lipinski definition) is 5. The zero-order chi connectivity index (χ0) is 109. The number of fused-ring (bicyclic) bond motifs is 1. The second-order valence-electron chi connectivity index (χ2n) is 22.7. The number of aromatic nitrogens is 17. The third-order valence-electron chi connectivity index (χ3n) is 16.1. The summed E-state index contributed by atoms with van der Waals surface area (Å²) in [7, 11) is 2.55. The number of rotatable bonds is 27. The molecule has 8 N–H and O–H groups in total. The molecule has 0 radical (unpaired) electrons. The molecule has 0 bridgehead atoms. The summed E-state index contributed by atoms with van der Waals surface area (Å²) in [5, 5.41) is 28.5. The lowest BCUT2D eigenvalue weighted by atomic mass is 9.98. The number of anilines is 3. The highest BCUT2D eigenvalue weighted by Crippen LogP contribution is 2.40. The molecule has 0 saturated heterocycles. The summed E-state index contributed by atoms with van der Waals surface area (Å²) in [5.74, 6) is -9.40. The largest absolute Gasteiger partial charge is 0.534 e. The standard InChI is InChI=1S/C19H26N6O2.C19H24N6O2.C17H18N6.C11H15N5O2.C9H10F3NO3S/c2*1-21-10-16(13-6-4-5-7-13)25-11-14(9-24-25)18-15(8-17(26-2)27-3)19(20)23-12-22-18;1-18-9-15(12-4-2-3-5-12)23-10-13(8-22-23)16-14-6-7-19-17(14)21-11-20-16;1-17-9(18-2)3-8-10(7-4-15-16-5-7)13-6-14-11(8)12;10-9(11,12)17(14,15)16-8(5-6-13)7-3-1-2-4-7/h9,11-13,16-17H,4-8,10H2,2-3H3,(H2,20,22,23);9-13,17H,4-8H2,2-3H3,(H2,20,22,23);6-8,10-12,15H,2-5,9H2,(H,19,20,21);4-6,9H,3H2,1-2H3,(H,15,16)(H2,12,13,14);5,7H,1-4H2/b;16-10-;;;/t16-;;15-;;/m1.1../s1/i2*4D2,5D2,6D2,7D2;2D2,3D2,4D2,5D2;;1D2,2D2,3D2,4D2. The van der Waals surface area contributed by atoms with E-state index >= 15 is 0 Å². The van der Waals surface area contributed by atoms with Crippen LogP contribution in [0.4, 0.5) is 30.6 Å². The molecule has 0 spiro atoms. The van der Waals surface area contributed by atoms with Crippen LogP contribution in [-0.4, -0.2) is 173 Å². The third-order valence-corrected chi connectivity index (χ3v) is 17.1. The van der Waals surface area contributed by atoms with E-state index in [1.165, 1.54) is 95.6 Å². The highest BCUT2D eigenvalue weighted by molar-refractivity contribution is 7.87. The molecule has 2 atom stereocenters. The predicted molar refractivity (Wildman–Crippen MR) is 408 cm³/mol. The van der Waals surface area contributed by atoms with Crippen LogP contribution in [0.5, 0.6) is 0 Å². The van der Waals surface area contributed by atoms with Crippen molar-refractivity contribution < 1.29 is 98.1 Å². The van der Waals surface area contributed by atoms with Gasteiger partial charge >= 0.3 is 15.6 Å². The number of H-pyrrole nitrogens is 2. The number of hydrogen-bond acceptors (Lipinski definition) is 25. The van der Waals surface area contributed by atoms with Gasteiger partial charge in [0.25, 0.3) is 0 Å². The van der Waals surface area contributed by atoms with E-state index in [1.807, 2.05) is 0 Å². The normalized spacial score (nSPS) is 27.1. The molecule has 4 aliphatic rings. The van der Waals surface area contributed by atoms with Crippen molar-refractivity contribution in [3.05, 3.63) is 156 Å². The Labute approximate surface area is 692 Å². The van der Waals surface area contributed by atoms with E-state index in [0.29, 0.717) is 68.2 Å². The summed E-state index contributed by atoms with van der Waals surface area (Å²) >= 11 is 0. The van der Waals surface area contributed by atoms with Gasteiger partial charge in [0.15, 0.2) is 25.1 Å². The van der Waals surface area contributed by atoms with Crippen LogP contribution in [0.3, 0.4) is 0 Å². The summed E-state index contributed by atoms with van der Waals surface area (Å²) in [6.07, 6.45) is -32.2. The summed E-state index contributed by atoms with van der Waals surface area (Å²) in [4.78, 5) is 45.8. The maximum atomic E-state index is 12.5. The quantitative estimate of drug-likeness (QED) is 0.00797. The average Bonchev–Trinajstić information content (AvgIpc) is 1.53. The van der Waals surface area contributed by atoms with Crippen molar-refractivity contribution in [2.24, 2.45) is 23.7 Å². The van der Waals surface area contributed by atoms with Crippen LogP contribution in [0.2, 0.25) is 0 Å². The summed E-state index contributed by atoms with van der Waals surface area (Å²) in [6, 6.07) is 0.270. The Morgan fingerprint density at radius 1 is 0.607 bits per heavy atom. The Hall–Kier alpha value is -11.2. The highest BCUT2D eigenvalue weighted by Gasteiger charge is 2.49. The lowest BCUT2D eigenvalue weighted by Gasteiger charge is -2.19. The van der Waals surface area contributed by atoms with Gasteiger partial charge in [0.2, 0.25) is 13.1 Å². The number of ether oxygens (including phenoxy) is 6. The first-order valence-electron chi connectivity index (χ1n) is 48.5. The molecule has 0 unspecified atom stereocenters. The molecular weight excluding hydrogens is 1470 g/mol. The van der Waals surface area contributed by atoms with Gasteiger partial charge in [-0.1, -0.05) is 51.0 Å². The minimum Gasteiger partial charge on any atom is -0.383 e. The van der Waals surface area contributed by atoms with Gasteiger partial charge in [-0.3, -0.25) is 19.1 Å². The zero-order valence-electron chi connectivity index (χ0n) is 91.9. The second-order valence-corrected chi connectivity index (χ2v) is 24.3. The fourth-order valence-electron chi connectivity index (χ4n) is 10.6. The van der Waals surface area contributed by atoms with Crippen LogP contribution in [0.15, 0.2) is 105 Å². The first-order valence-corrected chi connectivity index (χ1v) is 33.9. The van der Waals surface area contributed by atoms with Crippen molar-refractivity contribution in [3.63, 3.8) is 0 Å². The Morgan fingerprint density at radius 2 is 1.03 bits per heavy atom. The van der Waals surface area contributed by atoms with Gasteiger partial charge in [-0.15, -0.1) is 0 Å². The maximum absolute atomic E-state index is 12.5. The molecule has 0 amide bonds. The predicted octanol–water partition coefficient (Wildman–Crippen LogP) is 12.3. The van der Waals surface area contributed by atoms with Crippen LogP contribution in [0, 0.1) is 54.7 Å². The van der Waals surface area contributed by atoms with Gasteiger partial charge in [-0.05, 0) is 74.8 Å². The first kappa shape index (κ1) is 50.7. The van der Waals surface area contributed by atoms with Crippen molar-refractivity contribution in [2.45, 2.75) is 158 Å². The molecule has 9 aromatic rings. The van der Waals surface area contributed by atoms with Crippen molar-refractivity contribution in [2.75, 3.05) is 72.9 Å². The minimum absolute atomic E-state index is 0.0406. The monoisotopic (exact) mass is 1590 g/mol. The molecule has 9 heterocycles. The van der Waals surface area contributed by atoms with Crippen molar-refractivity contribution in [1.29, 1.82) is 5.26 Å². The molecule has 112 heavy (non-hydrogen) atoms. The Kier molecular flexibility index (Phi) is 18.9. The molecule has 0 aliphatic heterocycles. The number of aromatic amines is 2. The first-order chi connectivity index (χ1) is 66.3. The van der Waals surface area contributed by atoms with E-state index in [4.69, 9.17) is 114 Å². The van der Waals surface area contributed by atoms with E-state index in [2.05, 4.69) is 89.1 Å². The Bertz CT molecular complexity index is 6350. The van der Waals surface area contributed by atoms with E-state index < -0.39 is 185 Å². The Morgan fingerprint density at radius 3 is 1.46 bits per heavy atom. The van der Waals surface area contributed by atoms with E-state index in [1.54, 1.807) is 38.9 Å².